The van der Waals surface area contributed by atoms with Crippen LogP contribution in [0.3, 0.4) is 0 Å². The van der Waals surface area contributed by atoms with Crippen LogP contribution in [-0.4, -0.2) is 61.2 Å². The van der Waals surface area contributed by atoms with Crippen LogP contribution in [0.4, 0.5) is 21.0 Å². The van der Waals surface area contributed by atoms with Crippen molar-refractivity contribution in [1.29, 1.82) is 0 Å². The molecular weight excluding hydrogens is 404 g/mol. The topological polar surface area (TPSA) is 126 Å². The second-order valence-corrected chi connectivity index (χ2v) is 7.82. The van der Waals surface area contributed by atoms with E-state index in [0.29, 0.717) is 17.8 Å². The maximum atomic E-state index is 13.0. The molecule has 2 aliphatic rings. The van der Waals surface area contributed by atoms with Gasteiger partial charge in [-0.15, -0.1) is 0 Å². The molecule has 1 aliphatic heterocycles. The van der Waals surface area contributed by atoms with Gasteiger partial charge < -0.3 is 20.1 Å². The fraction of sp³-hybridized carbons (Fsp3) is 0.524. The van der Waals surface area contributed by atoms with Crippen LogP contribution in [0.15, 0.2) is 24.3 Å². The van der Waals surface area contributed by atoms with Gasteiger partial charge in [-0.05, 0) is 37.0 Å². The smallest absolute Gasteiger partial charge is 0.411 e. The summed E-state index contributed by atoms with van der Waals surface area (Å²) in [6.07, 6.45) is 2.69. The maximum Gasteiger partial charge on any atom is 0.411 e. The third-order valence-corrected chi connectivity index (χ3v) is 5.72. The highest BCUT2D eigenvalue weighted by Gasteiger charge is 2.55. The van der Waals surface area contributed by atoms with Gasteiger partial charge in [0.15, 0.2) is 0 Å². The monoisotopic (exact) mass is 432 g/mol. The molecule has 5 amide bonds. The van der Waals surface area contributed by atoms with Crippen molar-refractivity contribution in [3.8, 4) is 0 Å². The number of hydrogen-bond acceptors (Lipinski definition) is 6. The number of anilines is 2. The van der Waals surface area contributed by atoms with Crippen LogP contribution in [0.1, 0.15) is 32.6 Å². The molecule has 31 heavy (non-hydrogen) atoms. The van der Waals surface area contributed by atoms with Crippen molar-refractivity contribution < 1.29 is 28.7 Å². The predicted molar refractivity (Wildman–Crippen MR) is 113 cm³/mol. The van der Waals surface area contributed by atoms with Crippen LogP contribution in [0, 0.1) is 5.92 Å². The zero-order valence-electron chi connectivity index (χ0n) is 17.7. The standard InChI is InChI=1S/C21H28N4O6/c1-14-6-3-4-9-21(14)18(27)25(19(28)24-21)13-17(26)22-15-7-5-8-16(12-15)23-20(29)31-11-10-30-2/h5,7-8,12,14H,3-4,6,9-11,13H2,1-2H3,(H,22,26)(H,23,29)(H,24,28). The summed E-state index contributed by atoms with van der Waals surface area (Å²) in [5.41, 5.74) is -0.0690. The van der Waals surface area contributed by atoms with E-state index in [2.05, 4.69) is 16.0 Å². The molecule has 1 aliphatic carbocycles. The van der Waals surface area contributed by atoms with E-state index < -0.39 is 23.6 Å². The molecule has 0 radical (unpaired) electrons. The molecular formula is C21H28N4O6. The lowest BCUT2D eigenvalue weighted by Crippen LogP contribution is -2.54. The van der Waals surface area contributed by atoms with Crippen molar-refractivity contribution in [2.45, 2.75) is 38.1 Å². The molecule has 0 bridgehead atoms. The minimum absolute atomic E-state index is 0.0251. The lowest BCUT2D eigenvalue weighted by molar-refractivity contribution is -0.136. The molecule has 3 N–H and O–H groups in total. The Hall–Kier alpha value is -3.14. The molecule has 1 heterocycles. The number of methoxy groups -OCH3 is 1. The van der Waals surface area contributed by atoms with Crippen molar-refractivity contribution in [3.63, 3.8) is 0 Å². The summed E-state index contributed by atoms with van der Waals surface area (Å²) in [6.45, 7) is 1.98. The summed E-state index contributed by atoms with van der Waals surface area (Å²) in [5.74, 6) is -0.824. The lowest BCUT2D eigenvalue weighted by atomic mass is 9.73. The number of urea groups is 1. The third-order valence-electron chi connectivity index (χ3n) is 5.72. The number of nitrogens with zero attached hydrogens (tertiary/aromatic N) is 1. The Bertz CT molecular complexity index is 860. The van der Waals surface area contributed by atoms with Gasteiger partial charge in [0, 0.05) is 18.5 Å². The van der Waals surface area contributed by atoms with Crippen LogP contribution in [0.2, 0.25) is 0 Å². The van der Waals surface area contributed by atoms with Crippen LogP contribution < -0.4 is 16.0 Å². The van der Waals surface area contributed by atoms with E-state index in [-0.39, 0.29) is 31.6 Å². The molecule has 3 rings (SSSR count). The molecule has 168 valence electrons. The summed E-state index contributed by atoms with van der Waals surface area (Å²) in [7, 11) is 1.50. The van der Waals surface area contributed by atoms with Gasteiger partial charge in [-0.25, -0.2) is 9.59 Å². The highest BCUT2D eigenvalue weighted by Crippen LogP contribution is 2.38. The van der Waals surface area contributed by atoms with E-state index >= 15 is 0 Å². The molecule has 2 unspecified atom stereocenters. The number of carbonyl (C=O) groups excluding carboxylic acids is 4. The Kier molecular flexibility index (Phi) is 7.11. The van der Waals surface area contributed by atoms with E-state index in [1.807, 2.05) is 6.92 Å². The summed E-state index contributed by atoms with van der Waals surface area (Å²) in [4.78, 5) is 50.6. The average molecular weight is 432 g/mol. The molecule has 2 fully saturated rings. The molecule has 1 spiro atoms. The Morgan fingerprint density at radius 3 is 2.65 bits per heavy atom. The lowest BCUT2D eigenvalue weighted by Gasteiger charge is -2.36. The second kappa shape index (κ2) is 9.78. The van der Waals surface area contributed by atoms with Gasteiger partial charge in [-0.3, -0.25) is 19.8 Å². The minimum Gasteiger partial charge on any atom is -0.447 e. The number of benzene rings is 1. The summed E-state index contributed by atoms with van der Waals surface area (Å²) in [6, 6.07) is 5.93. The number of carbonyl (C=O) groups is 4. The van der Waals surface area contributed by atoms with E-state index in [9.17, 15) is 19.2 Å². The second-order valence-electron chi connectivity index (χ2n) is 7.82. The van der Waals surface area contributed by atoms with Gasteiger partial charge in [0.1, 0.15) is 18.7 Å². The van der Waals surface area contributed by atoms with Crippen LogP contribution in [0.5, 0.6) is 0 Å². The van der Waals surface area contributed by atoms with Crippen LogP contribution in [-0.2, 0) is 19.1 Å². The van der Waals surface area contributed by atoms with Gasteiger partial charge in [0.05, 0.1) is 6.61 Å². The predicted octanol–water partition coefficient (Wildman–Crippen LogP) is 2.32. The number of ether oxygens (including phenoxy) is 2. The summed E-state index contributed by atoms with van der Waals surface area (Å²) < 4.78 is 9.74. The average Bonchev–Trinajstić information content (AvgIpc) is 2.95. The molecule has 2 atom stereocenters. The Labute approximate surface area is 180 Å². The van der Waals surface area contributed by atoms with Gasteiger partial charge in [-0.2, -0.15) is 0 Å². The minimum atomic E-state index is -0.900. The fourth-order valence-corrected chi connectivity index (χ4v) is 4.03. The number of rotatable bonds is 7. The first kappa shape index (κ1) is 22.5. The van der Waals surface area contributed by atoms with E-state index in [4.69, 9.17) is 9.47 Å². The molecule has 0 aromatic heterocycles. The molecule has 10 nitrogen and oxygen atoms in total. The van der Waals surface area contributed by atoms with Crippen molar-refractivity contribution >= 4 is 35.3 Å². The summed E-state index contributed by atoms with van der Waals surface area (Å²) >= 11 is 0. The summed E-state index contributed by atoms with van der Waals surface area (Å²) in [5, 5.41) is 8.03. The Morgan fingerprint density at radius 1 is 1.19 bits per heavy atom. The first-order valence-corrected chi connectivity index (χ1v) is 10.3. The highest BCUT2D eigenvalue weighted by molar-refractivity contribution is 6.10. The number of amides is 5. The zero-order valence-corrected chi connectivity index (χ0v) is 17.7. The number of imide groups is 1. The largest absolute Gasteiger partial charge is 0.447 e. The molecule has 1 saturated carbocycles. The van der Waals surface area contributed by atoms with Crippen molar-refractivity contribution in [3.05, 3.63) is 24.3 Å². The molecule has 10 heteroatoms. The maximum absolute atomic E-state index is 13.0. The molecule has 1 aromatic rings. The fourth-order valence-electron chi connectivity index (χ4n) is 4.03. The number of nitrogens with one attached hydrogen (secondary N) is 3. The molecule has 1 aromatic carbocycles. The van der Waals surface area contributed by atoms with Gasteiger partial charge in [0.2, 0.25) is 5.91 Å². The third kappa shape index (κ3) is 5.13. The first-order valence-electron chi connectivity index (χ1n) is 10.3. The van der Waals surface area contributed by atoms with Crippen molar-refractivity contribution in [2.24, 2.45) is 5.92 Å². The first-order chi connectivity index (χ1) is 14.9. The Balaban J connectivity index is 1.58. The number of hydrogen-bond donors (Lipinski definition) is 3. The normalized spacial score (nSPS) is 22.9. The Morgan fingerprint density at radius 2 is 1.94 bits per heavy atom. The highest BCUT2D eigenvalue weighted by atomic mass is 16.6. The van der Waals surface area contributed by atoms with Crippen LogP contribution in [0.25, 0.3) is 0 Å². The van der Waals surface area contributed by atoms with E-state index in [1.54, 1.807) is 24.3 Å². The van der Waals surface area contributed by atoms with Gasteiger partial charge in [-0.1, -0.05) is 25.8 Å². The van der Waals surface area contributed by atoms with Crippen molar-refractivity contribution in [2.75, 3.05) is 37.5 Å². The SMILES string of the molecule is COCCOC(=O)Nc1cccc(NC(=O)CN2C(=O)NC3(CCCCC3C)C2=O)c1. The zero-order chi connectivity index (χ0) is 22.4. The van der Waals surface area contributed by atoms with E-state index in [0.717, 1.165) is 24.2 Å². The quantitative estimate of drug-likeness (QED) is 0.448. The van der Waals surface area contributed by atoms with E-state index in [1.165, 1.54) is 7.11 Å². The van der Waals surface area contributed by atoms with Gasteiger partial charge in [0.25, 0.3) is 5.91 Å². The van der Waals surface area contributed by atoms with Crippen molar-refractivity contribution in [1.82, 2.24) is 10.2 Å². The van der Waals surface area contributed by atoms with Crippen LogP contribution >= 0.6 is 0 Å². The van der Waals surface area contributed by atoms with Gasteiger partial charge >= 0.3 is 12.1 Å². The molecule has 1 saturated heterocycles.